The predicted molar refractivity (Wildman–Crippen MR) is 78.7 cm³/mol. The van der Waals surface area contributed by atoms with Crippen LogP contribution >= 0.6 is 0 Å². The van der Waals surface area contributed by atoms with Crippen LogP contribution in [-0.2, 0) is 23.3 Å². The highest BCUT2D eigenvalue weighted by molar-refractivity contribution is 5.33. The molecule has 4 heteroatoms. The molecule has 0 aromatic carbocycles. The monoisotopic (exact) mass is 275 g/mol. The maximum Gasteiger partial charge on any atom is 0.160 e. The highest BCUT2D eigenvalue weighted by Crippen LogP contribution is 2.42. The topological polar surface area (TPSA) is 47.0 Å². The van der Waals surface area contributed by atoms with Gasteiger partial charge in [0.05, 0.1) is 11.4 Å². The Morgan fingerprint density at radius 1 is 1.30 bits per heavy atom. The summed E-state index contributed by atoms with van der Waals surface area (Å²) < 4.78 is 5.97. The van der Waals surface area contributed by atoms with Crippen molar-refractivity contribution in [1.29, 1.82) is 0 Å². The molecule has 110 valence electrons. The third kappa shape index (κ3) is 2.47. The zero-order chi connectivity index (χ0) is 14.2. The Morgan fingerprint density at radius 3 is 2.75 bits per heavy atom. The van der Waals surface area contributed by atoms with Gasteiger partial charge in [0.1, 0.15) is 5.60 Å². The molecule has 1 fully saturated rings. The first kappa shape index (κ1) is 14.0. The molecule has 4 nitrogen and oxygen atoms in total. The van der Waals surface area contributed by atoms with Crippen LogP contribution in [0, 0.1) is 0 Å². The standard InChI is InChI=1S/C16H25N3O/c1-4-16(3,20-5-2)15-18-13-8-9-17-10-12(13)14(19-15)11-6-7-11/h11,17H,4-10H2,1-3H3. The summed E-state index contributed by atoms with van der Waals surface area (Å²) >= 11 is 0. The molecule has 0 amide bonds. The lowest BCUT2D eigenvalue weighted by atomic mass is 9.98. The van der Waals surface area contributed by atoms with Crippen molar-refractivity contribution in [3.8, 4) is 0 Å². The summed E-state index contributed by atoms with van der Waals surface area (Å²) in [7, 11) is 0. The number of fused-ring (bicyclic) bond motifs is 1. The van der Waals surface area contributed by atoms with Crippen LogP contribution in [0.1, 0.15) is 68.7 Å². The van der Waals surface area contributed by atoms with Crippen molar-refractivity contribution in [3.05, 3.63) is 22.8 Å². The van der Waals surface area contributed by atoms with Gasteiger partial charge in [-0.3, -0.25) is 0 Å². The second-order valence-corrected chi connectivity index (χ2v) is 6.08. The van der Waals surface area contributed by atoms with Crippen LogP contribution in [0.2, 0.25) is 0 Å². The Morgan fingerprint density at radius 2 is 2.10 bits per heavy atom. The lowest BCUT2D eigenvalue weighted by molar-refractivity contribution is -0.0394. The minimum atomic E-state index is -0.349. The smallest absolute Gasteiger partial charge is 0.160 e. The van der Waals surface area contributed by atoms with Gasteiger partial charge < -0.3 is 10.1 Å². The molecule has 3 rings (SSSR count). The van der Waals surface area contributed by atoms with E-state index in [1.807, 2.05) is 6.92 Å². The van der Waals surface area contributed by atoms with Crippen LogP contribution in [0.15, 0.2) is 0 Å². The molecule has 2 heterocycles. The Kier molecular flexibility index (Phi) is 3.78. The predicted octanol–water partition coefficient (Wildman–Crippen LogP) is 2.66. The van der Waals surface area contributed by atoms with E-state index < -0.39 is 0 Å². The van der Waals surface area contributed by atoms with Gasteiger partial charge in [-0.2, -0.15) is 0 Å². The second kappa shape index (κ2) is 5.41. The van der Waals surface area contributed by atoms with E-state index in [-0.39, 0.29) is 5.60 Å². The van der Waals surface area contributed by atoms with Crippen LogP contribution in [0.5, 0.6) is 0 Å². The largest absolute Gasteiger partial charge is 0.368 e. The van der Waals surface area contributed by atoms with Gasteiger partial charge in [0, 0.05) is 37.6 Å². The van der Waals surface area contributed by atoms with Crippen molar-refractivity contribution in [3.63, 3.8) is 0 Å². The quantitative estimate of drug-likeness (QED) is 0.897. The van der Waals surface area contributed by atoms with E-state index in [1.54, 1.807) is 0 Å². The van der Waals surface area contributed by atoms with E-state index in [1.165, 1.54) is 29.8 Å². The van der Waals surface area contributed by atoms with Crippen LogP contribution in [-0.4, -0.2) is 23.1 Å². The van der Waals surface area contributed by atoms with Crippen LogP contribution in [0.4, 0.5) is 0 Å². The number of rotatable bonds is 5. The number of hydrogen-bond acceptors (Lipinski definition) is 4. The SMILES string of the molecule is CCOC(C)(CC)c1nc2c(c(C3CC3)n1)CNCC2. The summed E-state index contributed by atoms with van der Waals surface area (Å²) in [6.45, 7) is 8.96. The van der Waals surface area contributed by atoms with Crippen LogP contribution in [0.3, 0.4) is 0 Å². The van der Waals surface area contributed by atoms with Gasteiger partial charge in [0.15, 0.2) is 5.82 Å². The van der Waals surface area contributed by atoms with Gasteiger partial charge >= 0.3 is 0 Å². The highest BCUT2D eigenvalue weighted by Gasteiger charge is 2.35. The summed E-state index contributed by atoms with van der Waals surface area (Å²) in [4.78, 5) is 9.80. The Bertz CT molecular complexity index is 499. The van der Waals surface area contributed by atoms with Crippen molar-refractivity contribution in [1.82, 2.24) is 15.3 Å². The first-order valence-corrected chi connectivity index (χ1v) is 7.92. The summed E-state index contributed by atoms with van der Waals surface area (Å²) in [6.07, 6.45) is 4.47. The second-order valence-electron chi connectivity index (χ2n) is 6.08. The summed E-state index contributed by atoms with van der Waals surface area (Å²) in [5.74, 6) is 1.55. The molecule has 1 unspecified atom stereocenters. The van der Waals surface area contributed by atoms with Crippen molar-refractivity contribution < 1.29 is 4.74 Å². The number of ether oxygens (including phenoxy) is 1. The lowest BCUT2D eigenvalue weighted by Gasteiger charge is -2.29. The highest BCUT2D eigenvalue weighted by atomic mass is 16.5. The number of nitrogens with zero attached hydrogens (tertiary/aromatic N) is 2. The molecule has 1 N–H and O–H groups in total. The van der Waals surface area contributed by atoms with Crippen LogP contribution in [0.25, 0.3) is 0 Å². The van der Waals surface area contributed by atoms with Gasteiger partial charge in [-0.25, -0.2) is 9.97 Å². The molecule has 1 saturated carbocycles. The molecule has 1 aromatic rings. The van der Waals surface area contributed by atoms with Gasteiger partial charge in [0.25, 0.3) is 0 Å². The first-order chi connectivity index (χ1) is 9.68. The van der Waals surface area contributed by atoms with Gasteiger partial charge in [-0.1, -0.05) is 6.92 Å². The van der Waals surface area contributed by atoms with E-state index >= 15 is 0 Å². The van der Waals surface area contributed by atoms with Gasteiger partial charge in [-0.05, 0) is 33.1 Å². The molecule has 0 radical (unpaired) electrons. The van der Waals surface area contributed by atoms with Crippen molar-refractivity contribution in [2.24, 2.45) is 0 Å². The number of nitrogens with one attached hydrogen (secondary N) is 1. The zero-order valence-corrected chi connectivity index (χ0v) is 12.8. The molecule has 1 atom stereocenters. The number of aromatic nitrogens is 2. The molecule has 1 aromatic heterocycles. The normalized spacial score (nSPS) is 21.4. The molecular weight excluding hydrogens is 250 g/mol. The fraction of sp³-hybridized carbons (Fsp3) is 0.750. The average molecular weight is 275 g/mol. The Balaban J connectivity index is 2.05. The van der Waals surface area contributed by atoms with Crippen LogP contribution < -0.4 is 5.32 Å². The van der Waals surface area contributed by atoms with E-state index in [0.29, 0.717) is 12.5 Å². The fourth-order valence-corrected chi connectivity index (χ4v) is 2.94. The summed E-state index contributed by atoms with van der Waals surface area (Å²) in [5.41, 5.74) is 3.54. The molecule has 1 aliphatic carbocycles. The van der Waals surface area contributed by atoms with E-state index in [2.05, 4.69) is 19.2 Å². The third-order valence-electron chi connectivity index (χ3n) is 4.54. The minimum absolute atomic E-state index is 0.349. The van der Waals surface area contributed by atoms with Crippen molar-refractivity contribution >= 4 is 0 Å². The molecule has 20 heavy (non-hydrogen) atoms. The molecule has 0 bridgehead atoms. The number of hydrogen-bond donors (Lipinski definition) is 1. The van der Waals surface area contributed by atoms with Gasteiger partial charge in [0.2, 0.25) is 0 Å². The fourth-order valence-electron chi connectivity index (χ4n) is 2.94. The van der Waals surface area contributed by atoms with Crippen molar-refractivity contribution in [2.45, 2.75) is 64.5 Å². The maximum absolute atomic E-state index is 5.97. The maximum atomic E-state index is 5.97. The summed E-state index contributed by atoms with van der Waals surface area (Å²) in [5, 5.41) is 3.45. The van der Waals surface area contributed by atoms with E-state index in [0.717, 1.165) is 31.8 Å². The molecule has 0 spiro atoms. The molecular formula is C16H25N3O. The first-order valence-electron chi connectivity index (χ1n) is 7.92. The van der Waals surface area contributed by atoms with Gasteiger partial charge in [-0.15, -0.1) is 0 Å². The average Bonchev–Trinajstić information content (AvgIpc) is 3.31. The van der Waals surface area contributed by atoms with E-state index in [9.17, 15) is 0 Å². The minimum Gasteiger partial charge on any atom is -0.368 e. The molecule has 1 aliphatic heterocycles. The van der Waals surface area contributed by atoms with E-state index in [4.69, 9.17) is 14.7 Å². The third-order valence-corrected chi connectivity index (χ3v) is 4.54. The Labute approximate surface area is 121 Å². The summed E-state index contributed by atoms with van der Waals surface area (Å²) in [6, 6.07) is 0. The van der Waals surface area contributed by atoms with Crippen molar-refractivity contribution in [2.75, 3.05) is 13.2 Å². The Hall–Kier alpha value is -1.00. The molecule has 2 aliphatic rings. The molecule has 0 saturated heterocycles. The zero-order valence-electron chi connectivity index (χ0n) is 12.8. The lowest BCUT2D eigenvalue weighted by Crippen LogP contribution is -2.32.